The van der Waals surface area contributed by atoms with Crippen molar-refractivity contribution in [3.63, 3.8) is 0 Å². The van der Waals surface area contributed by atoms with Crippen molar-refractivity contribution in [2.75, 3.05) is 0 Å². The van der Waals surface area contributed by atoms with Crippen LogP contribution < -0.4 is 0 Å². The van der Waals surface area contributed by atoms with Gasteiger partial charge >= 0.3 is 0 Å². The molecule has 3 rings (SSSR count). The third-order valence-corrected chi connectivity index (χ3v) is 5.82. The fourth-order valence-electron chi connectivity index (χ4n) is 2.02. The lowest BCUT2D eigenvalue weighted by Gasteiger charge is -2.03. The van der Waals surface area contributed by atoms with Gasteiger partial charge in [-0.15, -0.1) is 11.3 Å². The first-order valence-corrected chi connectivity index (χ1v) is 8.48. The Hall–Kier alpha value is -0.790. The predicted octanol–water partition coefficient (Wildman–Crippen LogP) is 5.64. The molecule has 0 aliphatic heterocycles. The topological polar surface area (TPSA) is 17.1 Å². The van der Waals surface area contributed by atoms with Gasteiger partial charge in [-0.2, -0.15) is 0 Å². The van der Waals surface area contributed by atoms with E-state index in [1.54, 1.807) is 6.07 Å². The Balaban J connectivity index is 2.16. The average molecular weight is 461 g/mol. The summed E-state index contributed by atoms with van der Waals surface area (Å²) in [7, 11) is 0. The third-order valence-electron chi connectivity index (χ3n) is 2.97. The molecule has 1 nitrogen and oxygen atoms in total. The highest BCUT2D eigenvalue weighted by atomic mass is 127. The van der Waals surface area contributed by atoms with Crippen LogP contribution in [0.15, 0.2) is 46.3 Å². The maximum Gasteiger partial charge on any atom is 0.195 e. The quantitative estimate of drug-likeness (QED) is 0.357. The Kier molecular flexibility index (Phi) is 3.92. The standard InChI is InChI=1S/C15H7BrFIOS/c16-12-3-1-2-9-11(7-20-15(9)12)14(19)10-5-4-8(17)6-13(10)18/h1-7H. The van der Waals surface area contributed by atoms with Gasteiger partial charge in [0.25, 0.3) is 0 Å². The largest absolute Gasteiger partial charge is 0.289 e. The number of rotatable bonds is 2. The number of thiophene rings is 1. The van der Waals surface area contributed by atoms with Crippen LogP contribution >= 0.6 is 49.9 Å². The van der Waals surface area contributed by atoms with E-state index in [1.165, 1.54) is 23.5 Å². The minimum atomic E-state index is -0.330. The predicted molar refractivity (Wildman–Crippen MR) is 92.1 cm³/mol. The van der Waals surface area contributed by atoms with Crippen LogP contribution in [0.5, 0.6) is 0 Å². The fraction of sp³-hybridized carbons (Fsp3) is 0. The van der Waals surface area contributed by atoms with Crippen molar-refractivity contribution in [1.29, 1.82) is 0 Å². The smallest absolute Gasteiger partial charge is 0.195 e. The van der Waals surface area contributed by atoms with Gasteiger partial charge in [0.2, 0.25) is 0 Å². The summed E-state index contributed by atoms with van der Waals surface area (Å²) in [5.41, 5.74) is 1.20. The van der Waals surface area contributed by atoms with E-state index in [-0.39, 0.29) is 11.6 Å². The van der Waals surface area contributed by atoms with Gasteiger partial charge in [-0.3, -0.25) is 4.79 Å². The summed E-state index contributed by atoms with van der Waals surface area (Å²) in [6, 6.07) is 10.0. The molecule has 0 radical (unpaired) electrons. The van der Waals surface area contributed by atoms with Crippen LogP contribution in [0, 0.1) is 9.39 Å². The van der Waals surface area contributed by atoms with E-state index in [9.17, 15) is 9.18 Å². The Morgan fingerprint density at radius 1 is 1.20 bits per heavy atom. The number of hydrogen-bond donors (Lipinski definition) is 0. The van der Waals surface area contributed by atoms with Crippen molar-refractivity contribution >= 4 is 65.7 Å². The molecule has 0 spiro atoms. The Labute approximate surface area is 141 Å². The fourth-order valence-corrected chi connectivity index (χ4v) is 4.34. The number of carbonyl (C=O) groups is 1. The molecule has 0 unspecified atom stereocenters. The summed E-state index contributed by atoms with van der Waals surface area (Å²) in [6.45, 7) is 0. The normalized spacial score (nSPS) is 10.9. The van der Waals surface area contributed by atoms with Crippen LogP contribution in [-0.2, 0) is 0 Å². The Morgan fingerprint density at radius 2 is 2.00 bits per heavy atom. The third kappa shape index (κ3) is 2.42. The number of ketones is 1. The first kappa shape index (κ1) is 14.2. The molecule has 0 fully saturated rings. The van der Waals surface area contributed by atoms with Gasteiger partial charge in [0, 0.05) is 34.6 Å². The van der Waals surface area contributed by atoms with Crippen molar-refractivity contribution in [1.82, 2.24) is 0 Å². The van der Waals surface area contributed by atoms with Crippen molar-refractivity contribution < 1.29 is 9.18 Å². The molecule has 0 atom stereocenters. The van der Waals surface area contributed by atoms with Crippen molar-refractivity contribution in [2.45, 2.75) is 0 Å². The molecule has 0 bridgehead atoms. The number of halogens is 3. The summed E-state index contributed by atoms with van der Waals surface area (Å²) in [5, 5.41) is 2.78. The zero-order valence-electron chi connectivity index (χ0n) is 9.99. The van der Waals surface area contributed by atoms with Gasteiger partial charge in [0.1, 0.15) is 5.82 Å². The van der Waals surface area contributed by atoms with E-state index < -0.39 is 0 Å². The molecule has 1 aromatic heterocycles. The molecule has 0 saturated heterocycles. The number of carbonyl (C=O) groups excluding carboxylic acids is 1. The number of benzene rings is 2. The van der Waals surface area contributed by atoms with Gasteiger partial charge in [0.05, 0.1) is 0 Å². The van der Waals surface area contributed by atoms with Crippen LogP contribution in [0.4, 0.5) is 4.39 Å². The van der Waals surface area contributed by atoms with Gasteiger partial charge < -0.3 is 0 Å². The SMILES string of the molecule is O=C(c1ccc(F)cc1I)c1csc2c(Br)cccc12. The molecule has 2 aromatic carbocycles. The lowest BCUT2D eigenvalue weighted by Crippen LogP contribution is -2.03. The second-order valence-electron chi connectivity index (χ2n) is 4.22. The summed E-state index contributed by atoms with van der Waals surface area (Å²) in [6.07, 6.45) is 0. The van der Waals surface area contributed by atoms with E-state index in [2.05, 4.69) is 15.9 Å². The second kappa shape index (κ2) is 5.54. The summed E-state index contributed by atoms with van der Waals surface area (Å²) >= 11 is 7.01. The Morgan fingerprint density at radius 3 is 2.75 bits per heavy atom. The molecule has 0 saturated carbocycles. The lowest BCUT2D eigenvalue weighted by molar-refractivity contribution is 0.104. The van der Waals surface area contributed by atoms with Gasteiger partial charge in [0.15, 0.2) is 5.78 Å². The summed E-state index contributed by atoms with van der Waals surface area (Å²) < 4.78 is 15.8. The molecule has 0 aliphatic carbocycles. The zero-order chi connectivity index (χ0) is 14.3. The molecule has 100 valence electrons. The Bertz CT molecular complexity index is 828. The highest BCUT2D eigenvalue weighted by Crippen LogP contribution is 2.33. The van der Waals surface area contributed by atoms with E-state index in [1.807, 2.05) is 46.2 Å². The molecule has 5 heteroatoms. The van der Waals surface area contributed by atoms with Crippen LogP contribution in [-0.4, -0.2) is 5.78 Å². The minimum Gasteiger partial charge on any atom is -0.289 e. The number of hydrogen-bond acceptors (Lipinski definition) is 2. The highest BCUT2D eigenvalue weighted by molar-refractivity contribution is 14.1. The maximum atomic E-state index is 13.1. The molecule has 20 heavy (non-hydrogen) atoms. The molecular weight excluding hydrogens is 454 g/mol. The molecule has 1 heterocycles. The zero-order valence-corrected chi connectivity index (χ0v) is 14.6. The molecular formula is C15H7BrFIOS. The van der Waals surface area contributed by atoms with Crippen LogP contribution in [0.25, 0.3) is 10.1 Å². The monoisotopic (exact) mass is 460 g/mol. The van der Waals surface area contributed by atoms with Crippen LogP contribution in [0.2, 0.25) is 0 Å². The van der Waals surface area contributed by atoms with Crippen molar-refractivity contribution in [2.24, 2.45) is 0 Å². The molecule has 0 amide bonds. The van der Waals surface area contributed by atoms with Crippen LogP contribution in [0.1, 0.15) is 15.9 Å². The average Bonchev–Trinajstić information content (AvgIpc) is 2.83. The van der Waals surface area contributed by atoms with E-state index >= 15 is 0 Å². The van der Waals surface area contributed by atoms with E-state index in [4.69, 9.17) is 0 Å². The van der Waals surface area contributed by atoms with Crippen LogP contribution in [0.3, 0.4) is 0 Å². The minimum absolute atomic E-state index is 0.0706. The lowest BCUT2D eigenvalue weighted by atomic mass is 10.0. The number of fused-ring (bicyclic) bond motifs is 1. The first-order chi connectivity index (χ1) is 9.58. The molecule has 3 aromatic rings. The van der Waals surface area contributed by atoms with E-state index in [0.717, 1.165) is 14.6 Å². The summed E-state index contributed by atoms with van der Waals surface area (Å²) in [4.78, 5) is 12.6. The van der Waals surface area contributed by atoms with Gasteiger partial charge in [-0.05, 0) is 62.8 Å². The second-order valence-corrected chi connectivity index (χ2v) is 7.12. The molecule has 0 N–H and O–H groups in total. The van der Waals surface area contributed by atoms with Gasteiger partial charge in [-0.25, -0.2) is 4.39 Å². The summed E-state index contributed by atoms with van der Waals surface area (Å²) in [5.74, 6) is -0.400. The highest BCUT2D eigenvalue weighted by Gasteiger charge is 2.17. The molecule has 0 aliphatic rings. The maximum absolute atomic E-state index is 13.1. The van der Waals surface area contributed by atoms with Crippen molar-refractivity contribution in [3.8, 4) is 0 Å². The van der Waals surface area contributed by atoms with E-state index in [0.29, 0.717) is 14.7 Å². The van der Waals surface area contributed by atoms with Crippen molar-refractivity contribution in [3.05, 3.63) is 66.8 Å². The van der Waals surface area contributed by atoms with Gasteiger partial charge in [-0.1, -0.05) is 12.1 Å². The first-order valence-electron chi connectivity index (χ1n) is 5.73.